The molecule has 15 heavy (non-hydrogen) atoms. The number of rotatable bonds is 1. The van der Waals surface area contributed by atoms with Crippen molar-refractivity contribution in [2.45, 2.75) is 25.3 Å². The van der Waals surface area contributed by atoms with E-state index in [4.69, 9.17) is 10.5 Å². The third-order valence-corrected chi connectivity index (χ3v) is 3.29. The number of hydrogen-bond donors (Lipinski definition) is 2. The molecule has 0 fully saturated rings. The largest absolute Gasteiger partial charge is 0.467 e. The zero-order chi connectivity index (χ0) is 11.1. The lowest BCUT2D eigenvalue weighted by Gasteiger charge is -2.36. The maximum absolute atomic E-state index is 11.8. The summed E-state index contributed by atoms with van der Waals surface area (Å²) < 4.78 is 4.78. The molecule has 0 saturated heterocycles. The molecule has 3 N–H and O–H groups in total. The summed E-state index contributed by atoms with van der Waals surface area (Å²) in [5.41, 5.74) is 6.85. The molecule has 0 radical (unpaired) electrons. The minimum Gasteiger partial charge on any atom is -0.467 e. The van der Waals surface area contributed by atoms with Crippen LogP contribution < -0.4 is 5.73 Å². The van der Waals surface area contributed by atoms with Crippen molar-refractivity contribution in [1.82, 2.24) is 10.2 Å². The van der Waals surface area contributed by atoms with Crippen LogP contribution in [-0.4, -0.2) is 23.3 Å². The van der Waals surface area contributed by atoms with Gasteiger partial charge in [0.1, 0.15) is 5.54 Å². The molecule has 0 aromatic carbocycles. The molecule has 1 aliphatic carbocycles. The molecule has 0 bridgehead atoms. The van der Waals surface area contributed by atoms with Gasteiger partial charge in [-0.2, -0.15) is 5.10 Å². The Hall–Kier alpha value is -1.36. The highest BCUT2D eigenvalue weighted by Gasteiger charge is 2.47. The number of hydrogen-bond acceptors (Lipinski definition) is 4. The molecule has 1 heterocycles. The molecular weight excluding hydrogens is 194 g/mol. The van der Waals surface area contributed by atoms with Crippen LogP contribution in [0, 0.1) is 5.92 Å². The fraction of sp³-hybridized carbons (Fsp3) is 0.600. The summed E-state index contributed by atoms with van der Waals surface area (Å²) in [6.45, 7) is 1.97. The van der Waals surface area contributed by atoms with E-state index in [1.165, 1.54) is 7.11 Å². The van der Waals surface area contributed by atoms with Crippen LogP contribution in [-0.2, 0) is 21.5 Å². The van der Waals surface area contributed by atoms with Crippen LogP contribution in [0.15, 0.2) is 6.20 Å². The van der Waals surface area contributed by atoms with Crippen LogP contribution in [0.4, 0.5) is 0 Å². The topological polar surface area (TPSA) is 81.0 Å². The molecule has 2 atom stereocenters. The summed E-state index contributed by atoms with van der Waals surface area (Å²) in [4.78, 5) is 11.8. The van der Waals surface area contributed by atoms with E-state index < -0.39 is 11.5 Å². The Labute approximate surface area is 88.0 Å². The maximum Gasteiger partial charge on any atom is 0.330 e. The van der Waals surface area contributed by atoms with Gasteiger partial charge in [0.2, 0.25) is 0 Å². The monoisotopic (exact) mass is 209 g/mol. The molecule has 1 aromatic heterocycles. The molecule has 0 saturated carbocycles. The minimum atomic E-state index is -1.05. The number of methoxy groups -OCH3 is 1. The van der Waals surface area contributed by atoms with Crippen LogP contribution in [0.2, 0.25) is 0 Å². The van der Waals surface area contributed by atoms with Gasteiger partial charge in [0.15, 0.2) is 0 Å². The first-order valence-corrected chi connectivity index (χ1v) is 5.00. The van der Waals surface area contributed by atoms with E-state index in [-0.39, 0.29) is 5.92 Å². The number of H-pyrrole nitrogens is 1. The fourth-order valence-corrected chi connectivity index (χ4v) is 2.19. The van der Waals surface area contributed by atoms with Crippen LogP contribution in [0.25, 0.3) is 0 Å². The van der Waals surface area contributed by atoms with Gasteiger partial charge in [-0.1, -0.05) is 6.92 Å². The average Bonchev–Trinajstić information content (AvgIpc) is 2.71. The van der Waals surface area contributed by atoms with Gasteiger partial charge in [-0.3, -0.25) is 5.10 Å². The van der Waals surface area contributed by atoms with Crippen molar-refractivity contribution >= 4 is 5.97 Å². The number of fused-ring (bicyclic) bond motifs is 1. The highest BCUT2D eigenvalue weighted by molar-refractivity contribution is 5.83. The first-order valence-electron chi connectivity index (χ1n) is 5.00. The summed E-state index contributed by atoms with van der Waals surface area (Å²) in [6.07, 6.45) is 3.37. The van der Waals surface area contributed by atoms with E-state index in [9.17, 15) is 4.79 Å². The van der Waals surface area contributed by atoms with Crippen LogP contribution in [0.1, 0.15) is 24.6 Å². The maximum atomic E-state index is 11.8. The fourth-order valence-electron chi connectivity index (χ4n) is 2.19. The van der Waals surface area contributed by atoms with Crippen molar-refractivity contribution in [3.05, 3.63) is 17.5 Å². The molecule has 1 aliphatic rings. The molecular formula is C10H15N3O2. The number of nitrogens with two attached hydrogens (primary N) is 1. The van der Waals surface area contributed by atoms with Gasteiger partial charge in [-0.15, -0.1) is 0 Å². The number of carbonyl (C=O) groups is 1. The minimum absolute atomic E-state index is 0.0649. The highest BCUT2D eigenvalue weighted by atomic mass is 16.5. The second kappa shape index (κ2) is 3.34. The molecule has 0 aliphatic heterocycles. The summed E-state index contributed by atoms with van der Waals surface area (Å²) in [6, 6.07) is 0. The number of esters is 1. The lowest BCUT2D eigenvalue weighted by Crippen LogP contribution is -2.53. The first kappa shape index (κ1) is 10.2. The lowest BCUT2D eigenvalue weighted by atomic mass is 9.73. The van der Waals surface area contributed by atoms with E-state index in [1.807, 2.05) is 6.92 Å². The Kier molecular flexibility index (Phi) is 2.26. The Morgan fingerprint density at radius 2 is 2.53 bits per heavy atom. The Morgan fingerprint density at radius 1 is 1.80 bits per heavy atom. The van der Waals surface area contributed by atoms with Crippen LogP contribution in [0.3, 0.4) is 0 Å². The van der Waals surface area contributed by atoms with Crippen molar-refractivity contribution < 1.29 is 9.53 Å². The lowest BCUT2D eigenvalue weighted by molar-refractivity contribution is -0.150. The number of aromatic nitrogens is 2. The Morgan fingerprint density at radius 3 is 3.20 bits per heavy atom. The molecule has 1 aromatic rings. The van der Waals surface area contributed by atoms with Crippen LogP contribution >= 0.6 is 0 Å². The second-order valence-electron chi connectivity index (χ2n) is 4.06. The summed E-state index contributed by atoms with van der Waals surface area (Å²) in [7, 11) is 1.36. The quantitative estimate of drug-likeness (QED) is 0.653. The first-order chi connectivity index (χ1) is 7.10. The van der Waals surface area contributed by atoms with Gasteiger partial charge in [0.05, 0.1) is 13.3 Å². The van der Waals surface area contributed by atoms with E-state index >= 15 is 0 Å². The molecule has 2 unspecified atom stereocenters. The van der Waals surface area contributed by atoms with Gasteiger partial charge < -0.3 is 10.5 Å². The van der Waals surface area contributed by atoms with Crippen molar-refractivity contribution in [3.63, 3.8) is 0 Å². The zero-order valence-electron chi connectivity index (χ0n) is 8.91. The number of aryl methyl sites for hydroxylation is 1. The Balaban J connectivity index is 2.51. The number of ether oxygens (including phenoxy) is 1. The summed E-state index contributed by atoms with van der Waals surface area (Å²) >= 11 is 0. The normalized spacial score (nSPS) is 29.7. The molecule has 82 valence electrons. The van der Waals surface area contributed by atoms with Crippen LogP contribution in [0.5, 0.6) is 0 Å². The van der Waals surface area contributed by atoms with Crippen molar-refractivity contribution in [3.8, 4) is 0 Å². The van der Waals surface area contributed by atoms with Gasteiger partial charge in [0, 0.05) is 11.3 Å². The van der Waals surface area contributed by atoms with E-state index in [0.717, 1.165) is 24.1 Å². The molecule has 0 amide bonds. The number of nitrogens with zero attached hydrogens (tertiary/aromatic N) is 1. The highest BCUT2D eigenvalue weighted by Crippen LogP contribution is 2.37. The molecule has 5 nitrogen and oxygen atoms in total. The van der Waals surface area contributed by atoms with E-state index in [1.54, 1.807) is 6.20 Å². The smallest absolute Gasteiger partial charge is 0.330 e. The second-order valence-corrected chi connectivity index (χ2v) is 4.06. The van der Waals surface area contributed by atoms with Crippen molar-refractivity contribution in [2.24, 2.45) is 11.7 Å². The Bertz CT molecular complexity index is 388. The van der Waals surface area contributed by atoms with E-state index in [2.05, 4.69) is 10.2 Å². The third-order valence-electron chi connectivity index (χ3n) is 3.29. The van der Waals surface area contributed by atoms with Gasteiger partial charge in [-0.05, 0) is 18.8 Å². The molecule has 5 heteroatoms. The average molecular weight is 209 g/mol. The van der Waals surface area contributed by atoms with Gasteiger partial charge in [-0.25, -0.2) is 4.79 Å². The third kappa shape index (κ3) is 1.26. The van der Waals surface area contributed by atoms with Crippen molar-refractivity contribution in [1.29, 1.82) is 0 Å². The standard InChI is InChI=1S/C10H15N3O2/c1-6-3-4-8-7(5-12-13-8)10(6,11)9(14)15-2/h5-6H,3-4,11H2,1-2H3,(H,12,13). The molecule has 2 rings (SSSR count). The number of carbonyl (C=O) groups excluding carboxylic acids is 1. The molecule has 0 spiro atoms. The van der Waals surface area contributed by atoms with Gasteiger partial charge >= 0.3 is 5.97 Å². The predicted octanol–water partition coefficient (Wildman–Crippen LogP) is 0.319. The SMILES string of the molecule is COC(=O)C1(N)c2cn[nH]c2CCC1C. The zero-order valence-corrected chi connectivity index (χ0v) is 8.91. The summed E-state index contributed by atoms with van der Waals surface area (Å²) in [5, 5.41) is 6.81. The van der Waals surface area contributed by atoms with Crippen molar-refractivity contribution in [2.75, 3.05) is 7.11 Å². The number of aromatic amines is 1. The predicted molar refractivity (Wildman–Crippen MR) is 54.0 cm³/mol. The van der Waals surface area contributed by atoms with Gasteiger partial charge in [0.25, 0.3) is 0 Å². The summed E-state index contributed by atoms with van der Waals surface area (Å²) in [5.74, 6) is -0.326. The van der Waals surface area contributed by atoms with E-state index in [0.29, 0.717) is 0 Å². The number of nitrogens with one attached hydrogen (secondary N) is 1.